The van der Waals surface area contributed by atoms with Crippen LogP contribution in [0.2, 0.25) is 0 Å². The molecule has 2 fully saturated rings. The minimum absolute atomic E-state index is 0.233. The zero-order valence-corrected chi connectivity index (χ0v) is 8.73. The summed E-state index contributed by atoms with van der Waals surface area (Å²) in [6.07, 6.45) is 2.44. The van der Waals surface area contributed by atoms with E-state index in [0.29, 0.717) is 19.4 Å². The predicted molar refractivity (Wildman–Crippen MR) is 51.4 cm³/mol. The lowest BCUT2D eigenvalue weighted by Gasteiger charge is -2.38. The Morgan fingerprint density at radius 1 is 1.53 bits per heavy atom. The fourth-order valence-electron chi connectivity index (χ4n) is 2.47. The number of hydrogen-bond acceptors (Lipinski definition) is 3. The highest BCUT2D eigenvalue weighted by Gasteiger charge is 2.47. The second kappa shape index (κ2) is 3.40. The first-order chi connectivity index (χ1) is 7.05. The number of carboxylic acid groups (broad SMARTS) is 1. The molecule has 1 saturated carbocycles. The molecule has 1 amide bonds. The summed E-state index contributed by atoms with van der Waals surface area (Å²) in [7, 11) is 1.73. The van der Waals surface area contributed by atoms with Gasteiger partial charge in [-0.2, -0.15) is 0 Å². The first-order valence-corrected chi connectivity index (χ1v) is 5.18. The Hall–Kier alpha value is -1.26. The van der Waals surface area contributed by atoms with Gasteiger partial charge < -0.3 is 14.7 Å². The largest absolute Gasteiger partial charge is 0.481 e. The number of likely N-dealkylation sites (N-methyl/N-ethyl adjacent to an activating group) is 1. The zero-order chi connectivity index (χ0) is 11.1. The topological polar surface area (TPSA) is 66.8 Å². The quantitative estimate of drug-likeness (QED) is 0.707. The number of amides is 1. The van der Waals surface area contributed by atoms with Gasteiger partial charge in [-0.05, 0) is 25.7 Å². The van der Waals surface area contributed by atoms with Gasteiger partial charge in [-0.3, -0.25) is 4.79 Å². The molecule has 84 valence electrons. The molecule has 1 aliphatic carbocycles. The third-order valence-electron chi connectivity index (χ3n) is 3.72. The van der Waals surface area contributed by atoms with E-state index in [1.54, 1.807) is 11.9 Å². The summed E-state index contributed by atoms with van der Waals surface area (Å²) in [4.78, 5) is 23.7. The van der Waals surface area contributed by atoms with E-state index < -0.39 is 5.97 Å². The van der Waals surface area contributed by atoms with Gasteiger partial charge in [0.05, 0.1) is 11.5 Å². The highest BCUT2D eigenvalue weighted by atomic mass is 16.6. The maximum atomic E-state index is 11.3. The van der Waals surface area contributed by atoms with Gasteiger partial charge in [-0.25, -0.2) is 4.79 Å². The number of carbonyl (C=O) groups excluding carboxylic acids is 1. The fraction of sp³-hybridized carbons (Fsp3) is 0.800. The molecule has 15 heavy (non-hydrogen) atoms. The van der Waals surface area contributed by atoms with E-state index in [0.717, 1.165) is 12.8 Å². The lowest BCUT2D eigenvalue weighted by atomic mass is 9.76. The van der Waals surface area contributed by atoms with Gasteiger partial charge >= 0.3 is 12.1 Å². The van der Waals surface area contributed by atoms with Crippen LogP contribution in [-0.4, -0.2) is 41.3 Å². The smallest absolute Gasteiger partial charge is 0.410 e. The summed E-state index contributed by atoms with van der Waals surface area (Å²) >= 11 is 0. The predicted octanol–water partition coefficient (Wildman–Crippen LogP) is 1.08. The van der Waals surface area contributed by atoms with Crippen molar-refractivity contribution in [2.24, 2.45) is 5.92 Å². The van der Waals surface area contributed by atoms with Crippen molar-refractivity contribution in [1.29, 1.82) is 0 Å². The maximum absolute atomic E-state index is 11.3. The number of hydrogen-bond donors (Lipinski definition) is 1. The summed E-state index contributed by atoms with van der Waals surface area (Å²) in [6, 6.07) is 0. The number of cyclic esters (lactones) is 1. The fourth-order valence-corrected chi connectivity index (χ4v) is 2.47. The summed E-state index contributed by atoms with van der Waals surface area (Å²) < 4.78 is 4.99. The zero-order valence-electron chi connectivity index (χ0n) is 8.73. The maximum Gasteiger partial charge on any atom is 0.410 e. The van der Waals surface area contributed by atoms with E-state index in [2.05, 4.69) is 0 Å². The lowest BCUT2D eigenvalue weighted by molar-refractivity contribution is -0.143. The van der Waals surface area contributed by atoms with Crippen molar-refractivity contribution in [1.82, 2.24) is 4.90 Å². The Balaban J connectivity index is 2.03. The second-order valence-corrected chi connectivity index (χ2v) is 4.45. The van der Waals surface area contributed by atoms with Gasteiger partial charge in [0, 0.05) is 7.05 Å². The Bertz CT molecular complexity index is 294. The molecule has 5 heteroatoms. The number of carbonyl (C=O) groups is 2. The third-order valence-corrected chi connectivity index (χ3v) is 3.72. The Morgan fingerprint density at radius 2 is 2.13 bits per heavy atom. The van der Waals surface area contributed by atoms with Crippen LogP contribution in [0.4, 0.5) is 4.79 Å². The SMILES string of the molecule is CN1C(=O)OCC12CCC(C(=O)O)CC2. The molecule has 2 aliphatic rings. The van der Waals surface area contributed by atoms with Crippen LogP contribution in [0.3, 0.4) is 0 Å². The highest BCUT2D eigenvalue weighted by Crippen LogP contribution is 2.39. The summed E-state index contributed by atoms with van der Waals surface area (Å²) in [6.45, 7) is 0.411. The van der Waals surface area contributed by atoms with Gasteiger partial charge in [0.1, 0.15) is 6.61 Å². The molecule has 0 aromatic rings. The summed E-state index contributed by atoms with van der Waals surface area (Å²) in [5, 5.41) is 8.88. The first-order valence-electron chi connectivity index (χ1n) is 5.18. The molecule has 1 heterocycles. The van der Waals surface area contributed by atoms with Crippen molar-refractivity contribution in [2.75, 3.05) is 13.7 Å². The molecule has 1 spiro atoms. The average Bonchev–Trinajstić information content (AvgIpc) is 2.48. The lowest BCUT2D eigenvalue weighted by Crippen LogP contribution is -2.48. The van der Waals surface area contributed by atoms with Crippen LogP contribution in [0.15, 0.2) is 0 Å². The van der Waals surface area contributed by atoms with Crippen molar-refractivity contribution in [2.45, 2.75) is 31.2 Å². The van der Waals surface area contributed by atoms with Gasteiger partial charge in [-0.15, -0.1) is 0 Å². The van der Waals surface area contributed by atoms with Crippen molar-refractivity contribution in [3.63, 3.8) is 0 Å². The van der Waals surface area contributed by atoms with E-state index in [1.807, 2.05) is 0 Å². The highest BCUT2D eigenvalue weighted by molar-refractivity contribution is 5.72. The van der Waals surface area contributed by atoms with Crippen LogP contribution in [-0.2, 0) is 9.53 Å². The van der Waals surface area contributed by atoms with Gasteiger partial charge in [-0.1, -0.05) is 0 Å². The van der Waals surface area contributed by atoms with Crippen LogP contribution >= 0.6 is 0 Å². The first kappa shape index (κ1) is 10.3. The third kappa shape index (κ3) is 1.56. The average molecular weight is 213 g/mol. The van der Waals surface area contributed by atoms with E-state index >= 15 is 0 Å². The van der Waals surface area contributed by atoms with E-state index in [4.69, 9.17) is 9.84 Å². The van der Waals surface area contributed by atoms with E-state index in [9.17, 15) is 9.59 Å². The molecule has 0 atom stereocenters. The molecular weight excluding hydrogens is 198 g/mol. The summed E-state index contributed by atoms with van der Waals surface area (Å²) in [5.74, 6) is -0.975. The molecule has 1 saturated heterocycles. The summed E-state index contributed by atoms with van der Waals surface area (Å²) in [5.41, 5.74) is -0.233. The van der Waals surface area contributed by atoms with E-state index in [-0.39, 0.29) is 17.6 Å². The Morgan fingerprint density at radius 3 is 2.53 bits per heavy atom. The standard InChI is InChI=1S/C10H15NO4/c1-11-9(14)15-6-10(11)4-2-7(3-5-10)8(12)13/h7H,2-6H2,1H3,(H,12,13). The minimum atomic E-state index is -0.724. The molecular formula is C10H15NO4. The Kier molecular flexibility index (Phi) is 2.32. The molecule has 2 rings (SSSR count). The Labute approximate surface area is 88.0 Å². The van der Waals surface area contributed by atoms with Crippen LogP contribution in [0.5, 0.6) is 0 Å². The normalized spacial score (nSPS) is 35.7. The number of nitrogens with zero attached hydrogens (tertiary/aromatic N) is 1. The van der Waals surface area contributed by atoms with Crippen LogP contribution < -0.4 is 0 Å². The van der Waals surface area contributed by atoms with Crippen molar-refractivity contribution in [3.8, 4) is 0 Å². The van der Waals surface area contributed by atoms with Crippen LogP contribution in [0.1, 0.15) is 25.7 Å². The molecule has 0 radical (unpaired) electrons. The molecule has 1 aliphatic heterocycles. The number of ether oxygens (including phenoxy) is 1. The van der Waals surface area contributed by atoms with E-state index in [1.165, 1.54) is 0 Å². The van der Waals surface area contributed by atoms with Gasteiger partial charge in [0.2, 0.25) is 0 Å². The molecule has 1 N–H and O–H groups in total. The molecule has 0 aromatic heterocycles. The van der Waals surface area contributed by atoms with Crippen LogP contribution in [0.25, 0.3) is 0 Å². The van der Waals surface area contributed by atoms with Crippen molar-refractivity contribution in [3.05, 3.63) is 0 Å². The van der Waals surface area contributed by atoms with Crippen molar-refractivity contribution >= 4 is 12.1 Å². The number of aliphatic carboxylic acids is 1. The molecule has 0 unspecified atom stereocenters. The van der Waals surface area contributed by atoms with Gasteiger partial charge in [0.15, 0.2) is 0 Å². The minimum Gasteiger partial charge on any atom is -0.481 e. The molecule has 0 bridgehead atoms. The molecule has 5 nitrogen and oxygen atoms in total. The monoisotopic (exact) mass is 213 g/mol. The van der Waals surface area contributed by atoms with Gasteiger partial charge in [0.25, 0.3) is 0 Å². The van der Waals surface area contributed by atoms with Crippen molar-refractivity contribution < 1.29 is 19.4 Å². The number of rotatable bonds is 1. The molecule has 0 aromatic carbocycles. The second-order valence-electron chi connectivity index (χ2n) is 4.45. The van der Waals surface area contributed by atoms with Crippen LogP contribution in [0, 0.1) is 5.92 Å². The number of carboxylic acids is 1.